The summed E-state index contributed by atoms with van der Waals surface area (Å²) < 4.78 is 17.6. The summed E-state index contributed by atoms with van der Waals surface area (Å²) in [7, 11) is 0. The van der Waals surface area contributed by atoms with Crippen LogP contribution in [0, 0.1) is 11.7 Å². The van der Waals surface area contributed by atoms with Gasteiger partial charge in [-0.15, -0.1) is 0 Å². The molecule has 0 aromatic heterocycles. The molecule has 1 saturated carbocycles. The molecule has 0 radical (unpaired) electrons. The molecule has 2 rings (SSSR count). The van der Waals surface area contributed by atoms with Gasteiger partial charge in [-0.2, -0.15) is 0 Å². The van der Waals surface area contributed by atoms with Crippen molar-refractivity contribution in [1.82, 2.24) is 0 Å². The van der Waals surface area contributed by atoms with Crippen LogP contribution in [0.25, 0.3) is 0 Å². The Kier molecular flexibility index (Phi) is 4.49. The van der Waals surface area contributed by atoms with E-state index < -0.39 is 5.91 Å². The maximum absolute atomic E-state index is 12.7. The molecular weight excluding hydrogens is 249 g/mol. The highest BCUT2D eigenvalue weighted by Gasteiger charge is 2.24. The summed E-state index contributed by atoms with van der Waals surface area (Å²) in [6, 6.07) is 5.40. The molecule has 4 nitrogen and oxygen atoms in total. The molecule has 1 aliphatic carbocycles. The number of rotatable bonds is 4. The number of amides is 1. The molecule has 1 N–H and O–H groups in total. The second-order valence-corrected chi connectivity index (χ2v) is 4.64. The minimum Gasteiger partial charge on any atom is -0.455 e. The highest BCUT2D eigenvalue weighted by molar-refractivity contribution is 5.92. The first-order valence-corrected chi connectivity index (χ1v) is 6.37. The predicted molar refractivity (Wildman–Crippen MR) is 67.9 cm³/mol. The Balaban J connectivity index is 1.75. The predicted octanol–water partition coefficient (Wildman–Crippen LogP) is 2.50. The van der Waals surface area contributed by atoms with E-state index in [1.807, 2.05) is 0 Å². The summed E-state index contributed by atoms with van der Waals surface area (Å²) in [6.45, 7) is -0.299. The van der Waals surface area contributed by atoms with Crippen LogP contribution in [0.5, 0.6) is 0 Å². The molecule has 19 heavy (non-hydrogen) atoms. The van der Waals surface area contributed by atoms with Crippen molar-refractivity contribution in [1.29, 1.82) is 0 Å². The first kappa shape index (κ1) is 13.5. The average Bonchev–Trinajstić information content (AvgIpc) is 2.93. The van der Waals surface area contributed by atoms with Gasteiger partial charge in [0.15, 0.2) is 6.61 Å². The van der Waals surface area contributed by atoms with Crippen molar-refractivity contribution in [3.8, 4) is 0 Å². The fourth-order valence-corrected chi connectivity index (χ4v) is 2.15. The van der Waals surface area contributed by atoms with Crippen LogP contribution in [-0.2, 0) is 14.3 Å². The number of nitrogens with one attached hydrogen (secondary N) is 1. The lowest BCUT2D eigenvalue weighted by Crippen LogP contribution is -2.23. The quantitative estimate of drug-likeness (QED) is 0.851. The van der Waals surface area contributed by atoms with Crippen molar-refractivity contribution >= 4 is 17.6 Å². The number of benzene rings is 1. The van der Waals surface area contributed by atoms with Gasteiger partial charge in [0, 0.05) is 5.69 Å². The minimum absolute atomic E-state index is 0.0568. The lowest BCUT2D eigenvalue weighted by Gasteiger charge is -2.09. The molecule has 0 atom stereocenters. The van der Waals surface area contributed by atoms with Gasteiger partial charge >= 0.3 is 5.97 Å². The van der Waals surface area contributed by atoms with Crippen molar-refractivity contribution in [3.63, 3.8) is 0 Å². The maximum Gasteiger partial charge on any atom is 0.309 e. The molecule has 1 aromatic carbocycles. The zero-order valence-corrected chi connectivity index (χ0v) is 10.5. The Labute approximate surface area is 110 Å². The Morgan fingerprint density at radius 1 is 1.21 bits per heavy atom. The van der Waals surface area contributed by atoms with E-state index in [0.29, 0.717) is 5.69 Å². The highest BCUT2D eigenvalue weighted by atomic mass is 19.1. The SMILES string of the molecule is O=C(COC(=O)C1CCCC1)Nc1ccc(F)cc1. The van der Waals surface area contributed by atoms with Crippen LogP contribution in [0.3, 0.4) is 0 Å². The highest BCUT2D eigenvalue weighted by Crippen LogP contribution is 2.25. The molecule has 5 heteroatoms. The van der Waals surface area contributed by atoms with E-state index in [4.69, 9.17) is 4.74 Å². The van der Waals surface area contributed by atoms with E-state index in [9.17, 15) is 14.0 Å². The summed E-state index contributed by atoms with van der Waals surface area (Å²) in [5, 5.41) is 2.53. The largest absolute Gasteiger partial charge is 0.455 e. The second-order valence-electron chi connectivity index (χ2n) is 4.64. The zero-order valence-electron chi connectivity index (χ0n) is 10.5. The van der Waals surface area contributed by atoms with E-state index in [1.54, 1.807) is 0 Å². The first-order valence-electron chi connectivity index (χ1n) is 6.37. The molecule has 0 saturated heterocycles. The maximum atomic E-state index is 12.7. The molecule has 0 unspecified atom stereocenters. The smallest absolute Gasteiger partial charge is 0.309 e. The summed E-state index contributed by atoms with van der Waals surface area (Å²) in [4.78, 5) is 23.1. The van der Waals surface area contributed by atoms with Gasteiger partial charge in [0.05, 0.1) is 5.92 Å². The third kappa shape index (κ3) is 4.05. The molecule has 102 valence electrons. The van der Waals surface area contributed by atoms with Gasteiger partial charge < -0.3 is 10.1 Å². The van der Waals surface area contributed by atoms with Gasteiger partial charge in [-0.3, -0.25) is 9.59 Å². The number of halogens is 1. The van der Waals surface area contributed by atoms with Crippen LogP contribution in [0.4, 0.5) is 10.1 Å². The topological polar surface area (TPSA) is 55.4 Å². The lowest BCUT2D eigenvalue weighted by atomic mass is 10.1. The van der Waals surface area contributed by atoms with Gasteiger partial charge in [-0.05, 0) is 37.1 Å². The minimum atomic E-state index is -0.419. The van der Waals surface area contributed by atoms with Crippen LogP contribution < -0.4 is 5.32 Å². The normalized spacial score (nSPS) is 15.2. The fraction of sp³-hybridized carbons (Fsp3) is 0.429. The molecular formula is C14H16FNO3. The van der Waals surface area contributed by atoms with Gasteiger partial charge in [0.2, 0.25) is 0 Å². The van der Waals surface area contributed by atoms with Crippen molar-refractivity contribution in [2.75, 3.05) is 11.9 Å². The summed E-state index contributed by atoms with van der Waals surface area (Å²) in [5.74, 6) is -1.14. The van der Waals surface area contributed by atoms with Gasteiger partial charge in [-0.25, -0.2) is 4.39 Å². The summed E-state index contributed by atoms with van der Waals surface area (Å²) >= 11 is 0. The first-order chi connectivity index (χ1) is 9.15. The van der Waals surface area contributed by atoms with Crippen LogP contribution in [-0.4, -0.2) is 18.5 Å². The lowest BCUT2D eigenvalue weighted by molar-refractivity contribution is -0.151. The Hall–Kier alpha value is -1.91. The van der Waals surface area contributed by atoms with Crippen LogP contribution in [0.1, 0.15) is 25.7 Å². The van der Waals surface area contributed by atoms with E-state index in [0.717, 1.165) is 25.7 Å². The molecule has 0 aliphatic heterocycles. The van der Waals surface area contributed by atoms with Crippen molar-refractivity contribution in [2.24, 2.45) is 5.92 Å². The van der Waals surface area contributed by atoms with Crippen molar-refractivity contribution in [2.45, 2.75) is 25.7 Å². The molecule has 1 aliphatic rings. The molecule has 1 amide bonds. The van der Waals surface area contributed by atoms with Crippen molar-refractivity contribution in [3.05, 3.63) is 30.1 Å². The number of esters is 1. The number of carbonyl (C=O) groups excluding carboxylic acids is 2. The van der Waals surface area contributed by atoms with E-state index in [2.05, 4.69) is 5.32 Å². The monoisotopic (exact) mass is 265 g/mol. The van der Waals surface area contributed by atoms with E-state index >= 15 is 0 Å². The van der Waals surface area contributed by atoms with Crippen LogP contribution in [0.2, 0.25) is 0 Å². The molecule has 1 aromatic rings. The molecule has 0 bridgehead atoms. The number of hydrogen-bond donors (Lipinski definition) is 1. The molecule has 0 heterocycles. The van der Waals surface area contributed by atoms with E-state index in [-0.39, 0.29) is 24.3 Å². The van der Waals surface area contributed by atoms with Crippen LogP contribution >= 0.6 is 0 Å². The van der Waals surface area contributed by atoms with Crippen molar-refractivity contribution < 1.29 is 18.7 Å². The van der Waals surface area contributed by atoms with Gasteiger partial charge in [0.25, 0.3) is 5.91 Å². The Morgan fingerprint density at radius 3 is 2.47 bits per heavy atom. The van der Waals surface area contributed by atoms with E-state index in [1.165, 1.54) is 24.3 Å². The Bertz CT molecular complexity index is 452. The zero-order chi connectivity index (χ0) is 13.7. The third-order valence-corrected chi connectivity index (χ3v) is 3.16. The number of ether oxygens (including phenoxy) is 1. The average molecular weight is 265 g/mol. The fourth-order valence-electron chi connectivity index (χ4n) is 2.15. The standard InChI is InChI=1S/C14H16FNO3/c15-11-5-7-12(8-6-11)16-13(17)9-19-14(18)10-3-1-2-4-10/h5-8,10H,1-4,9H2,(H,16,17). The summed E-state index contributed by atoms with van der Waals surface area (Å²) in [5.41, 5.74) is 0.475. The summed E-state index contributed by atoms with van der Waals surface area (Å²) in [6.07, 6.45) is 3.78. The molecule has 0 spiro atoms. The molecule has 1 fully saturated rings. The second kappa shape index (κ2) is 6.31. The number of carbonyl (C=O) groups is 2. The van der Waals surface area contributed by atoms with Gasteiger partial charge in [0.1, 0.15) is 5.82 Å². The van der Waals surface area contributed by atoms with Crippen LogP contribution in [0.15, 0.2) is 24.3 Å². The number of anilines is 1. The number of hydrogen-bond acceptors (Lipinski definition) is 3. The Morgan fingerprint density at radius 2 is 1.84 bits per heavy atom. The third-order valence-electron chi connectivity index (χ3n) is 3.16. The van der Waals surface area contributed by atoms with Gasteiger partial charge in [-0.1, -0.05) is 12.8 Å².